The van der Waals surface area contributed by atoms with Crippen molar-refractivity contribution < 1.29 is 8.42 Å². The summed E-state index contributed by atoms with van der Waals surface area (Å²) in [6.07, 6.45) is 1.49. The van der Waals surface area contributed by atoms with Crippen LogP contribution < -0.4 is 11.1 Å². The molecule has 0 bridgehead atoms. The van der Waals surface area contributed by atoms with Gasteiger partial charge in [-0.15, -0.1) is 0 Å². The standard InChI is InChI=1S/C10H21N3O2S/c1-8(2)6-12-10(11)13-7-9-4-3-5-16(9,14)15/h8-9H,3-7H2,1-2H3,(H3,11,12,13). The van der Waals surface area contributed by atoms with Crippen LogP contribution in [0.3, 0.4) is 0 Å². The van der Waals surface area contributed by atoms with Gasteiger partial charge in [0.05, 0.1) is 11.0 Å². The van der Waals surface area contributed by atoms with E-state index in [1.165, 1.54) is 0 Å². The minimum absolute atomic E-state index is 0.291. The Balaban J connectivity index is 2.37. The van der Waals surface area contributed by atoms with Crippen LogP contribution in [0, 0.1) is 5.92 Å². The number of hydrogen-bond donors (Lipinski definition) is 2. The summed E-state index contributed by atoms with van der Waals surface area (Å²) in [7, 11) is -2.89. The molecule has 0 aliphatic carbocycles. The molecule has 1 aliphatic heterocycles. The number of rotatable bonds is 4. The highest BCUT2D eigenvalue weighted by Gasteiger charge is 2.30. The highest BCUT2D eigenvalue weighted by molar-refractivity contribution is 7.92. The first kappa shape index (κ1) is 13.3. The summed E-state index contributed by atoms with van der Waals surface area (Å²) >= 11 is 0. The molecule has 0 aromatic rings. The van der Waals surface area contributed by atoms with E-state index in [1.54, 1.807) is 0 Å². The molecule has 94 valence electrons. The van der Waals surface area contributed by atoms with Gasteiger partial charge < -0.3 is 11.1 Å². The molecule has 1 heterocycles. The number of nitrogens with zero attached hydrogens (tertiary/aromatic N) is 1. The number of sulfone groups is 1. The van der Waals surface area contributed by atoms with E-state index in [2.05, 4.69) is 24.2 Å². The highest BCUT2D eigenvalue weighted by Crippen LogP contribution is 2.18. The first-order valence-corrected chi connectivity index (χ1v) is 7.38. The third kappa shape index (κ3) is 4.00. The Hall–Kier alpha value is -0.780. The minimum Gasteiger partial charge on any atom is -0.370 e. The smallest absolute Gasteiger partial charge is 0.188 e. The van der Waals surface area contributed by atoms with Gasteiger partial charge in [-0.2, -0.15) is 0 Å². The molecule has 1 unspecified atom stereocenters. The Bertz CT molecular complexity index is 349. The second-order valence-corrected chi connectivity index (χ2v) is 7.03. The monoisotopic (exact) mass is 247 g/mol. The van der Waals surface area contributed by atoms with Crippen LogP contribution in [0.25, 0.3) is 0 Å². The quantitative estimate of drug-likeness (QED) is 0.546. The van der Waals surface area contributed by atoms with E-state index in [4.69, 9.17) is 5.73 Å². The van der Waals surface area contributed by atoms with Crippen LogP contribution in [0.5, 0.6) is 0 Å². The second-order valence-electron chi connectivity index (χ2n) is 4.63. The highest BCUT2D eigenvalue weighted by atomic mass is 32.2. The SMILES string of the molecule is CC(C)CN=C(N)NCC1CCCS1(=O)=O. The van der Waals surface area contributed by atoms with Gasteiger partial charge in [0, 0.05) is 13.1 Å². The third-order valence-electron chi connectivity index (χ3n) is 2.60. The molecule has 0 amide bonds. The molecule has 0 radical (unpaired) electrons. The molecule has 1 fully saturated rings. The molecule has 3 N–H and O–H groups in total. The maximum atomic E-state index is 11.5. The summed E-state index contributed by atoms with van der Waals surface area (Å²) in [6, 6.07) is 0. The molecule has 5 nitrogen and oxygen atoms in total. The van der Waals surface area contributed by atoms with E-state index < -0.39 is 9.84 Å². The van der Waals surface area contributed by atoms with E-state index in [9.17, 15) is 8.42 Å². The molecule has 1 atom stereocenters. The van der Waals surface area contributed by atoms with Crippen molar-refractivity contribution in [2.24, 2.45) is 16.6 Å². The number of nitrogens with one attached hydrogen (secondary N) is 1. The predicted molar refractivity (Wildman–Crippen MR) is 66.1 cm³/mol. The lowest BCUT2D eigenvalue weighted by molar-refractivity contribution is 0.586. The van der Waals surface area contributed by atoms with Crippen molar-refractivity contribution in [3.8, 4) is 0 Å². The van der Waals surface area contributed by atoms with Gasteiger partial charge in [0.25, 0.3) is 0 Å². The largest absolute Gasteiger partial charge is 0.370 e. The van der Waals surface area contributed by atoms with Crippen LogP contribution in [0.2, 0.25) is 0 Å². The van der Waals surface area contributed by atoms with Crippen LogP contribution in [-0.4, -0.2) is 38.5 Å². The zero-order chi connectivity index (χ0) is 12.2. The van der Waals surface area contributed by atoms with Gasteiger partial charge in [0.1, 0.15) is 0 Å². The lowest BCUT2D eigenvalue weighted by Crippen LogP contribution is -2.39. The van der Waals surface area contributed by atoms with Crippen molar-refractivity contribution in [1.29, 1.82) is 0 Å². The predicted octanol–water partition coefficient (Wildman–Crippen LogP) is 0.124. The van der Waals surface area contributed by atoms with Gasteiger partial charge in [-0.05, 0) is 18.8 Å². The van der Waals surface area contributed by atoms with E-state index in [0.717, 1.165) is 12.8 Å². The molecule has 1 rings (SSSR count). The average molecular weight is 247 g/mol. The average Bonchev–Trinajstić information content (AvgIpc) is 2.51. The van der Waals surface area contributed by atoms with Gasteiger partial charge in [-0.1, -0.05) is 13.8 Å². The normalized spacial score (nSPS) is 24.9. The van der Waals surface area contributed by atoms with E-state index in [0.29, 0.717) is 30.7 Å². The molecule has 6 heteroatoms. The maximum absolute atomic E-state index is 11.5. The Kier molecular flexibility index (Phi) is 4.58. The van der Waals surface area contributed by atoms with Crippen LogP contribution in [-0.2, 0) is 9.84 Å². The van der Waals surface area contributed by atoms with Crippen molar-refractivity contribution in [3.05, 3.63) is 0 Å². The Morgan fingerprint density at radius 3 is 2.75 bits per heavy atom. The summed E-state index contributed by atoms with van der Waals surface area (Å²) in [5.74, 6) is 1.11. The summed E-state index contributed by atoms with van der Waals surface area (Å²) in [5, 5.41) is 2.59. The summed E-state index contributed by atoms with van der Waals surface area (Å²) in [5.41, 5.74) is 5.63. The lowest BCUT2D eigenvalue weighted by Gasteiger charge is -2.11. The van der Waals surface area contributed by atoms with E-state index in [-0.39, 0.29) is 5.25 Å². The lowest BCUT2D eigenvalue weighted by atomic mass is 10.2. The van der Waals surface area contributed by atoms with Crippen molar-refractivity contribution >= 4 is 15.8 Å². The van der Waals surface area contributed by atoms with Crippen LogP contribution in [0.1, 0.15) is 26.7 Å². The Morgan fingerprint density at radius 2 is 2.25 bits per heavy atom. The van der Waals surface area contributed by atoms with Gasteiger partial charge >= 0.3 is 0 Å². The number of guanidine groups is 1. The fourth-order valence-electron chi connectivity index (χ4n) is 1.64. The molecule has 0 aromatic heterocycles. The van der Waals surface area contributed by atoms with Gasteiger partial charge in [0.15, 0.2) is 15.8 Å². The van der Waals surface area contributed by atoms with Crippen LogP contribution >= 0.6 is 0 Å². The first-order chi connectivity index (χ1) is 7.42. The number of nitrogens with two attached hydrogens (primary N) is 1. The molecule has 1 saturated heterocycles. The van der Waals surface area contributed by atoms with Gasteiger partial charge in [-0.3, -0.25) is 4.99 Å². The summed E-state index contributed by atoms with van der Waals surface area (Å²) in [6.45, 7) is 5.16. The van der Waals surface area contributed by atoms with Crippen molar-refractivity contribution in [3.63, 3.8) is 0 Å². The first-order valence-electron chi connectivity index (χ1n) is 5.67. The zero-order valence-electron chi connectivity index (χ0n) is 9.94. The van der Waals surface area contributed by atoms with E-state index >= 15 is 0 Å². The molecule has 1 aliphatic rings. The number of aliphatic imine (C=N–C) groups is 1. The van der Waals surface area contributed by atoms with Crippen molar-refractivity contribution in [1.82, 2.24) is 5.32 Å². The Morgan fingerprint density at radius 1 is 1.56 bits per heavy atom. The van der Waals surface area contributed by atoms with Gasteiger partial charge in [0.2, 0.25) is 0 Å². The third-order valence-corrected chi connectivity index (χ3v) is 4.88. The molecule has 0 saturated carbocycles. The van der Waals surface area contributed by atoms with Crippen molar-refractivity contribution in [2.45, 2.75) is 31.9 Å². The fourth-order valence-corrected chi connectivity index (χ4v) is 3.41. The summed E-state index contributed by atoms with van der Waals surface area (Å²) < 4.78 is 23.0. The molecule has 0 spiro atoms. The van der Waals surface area contributed by atoms with Crippen molar-refractivity contribution in [2.75, 3.05) is 18.8 Å². The maximum Gasteiger partial charge on any atom is 0.188 e. The molecular weight excluding hydrogens is 226 g/mol. The fraction of sp³-hybridized carbons (Fsp3) is 0.900. The van der Waals surface area contributed by atoms with E-state index in [1.807, 2.05) is 0 Å². The van der Waals surface area contributed by atoms with Crippen LogP contribution in [0.15, 0.2) is 4.99 Å². The van der Waals surface area contributed by atoms with Crippen LogP contribution in [0.4, 0.5) is 0 Å². The molecular formula is C10H21N3O2S. The molecule has 0 aromatic carbocycles. The summed E-state index contributed by atoms with van der Waals surface area (Å²) in [4.78, 5) is 4.12. The number of hydrogen-bond acceptors (Lipinski definition) is 3. The second kappa shape index (κ2) is 5.52. The minimum atomic E-state index is -2.89. The Labute approximate surface area is 97.4 Å². The topological polar surface area (TPSA) is 84.5 Å². The zero-order valence-corrected chi connectivity index (χ0v) is 10.8. The molecule has 16 heavy (non-hydrogen) atoms. The van der Waals surface area contributed by atoms with Gasteiger partial charge in [-0.25, -0.2) is 8.42 Å².